The van der Waals surface area contributed by atoms with Crippen molar-refractivity contribution in [1.29, 1.82) is 0 Å². The lowest BCUT2D eigenvalue weighted by molar-refractivity contribution is 0.474. The van der Waals surface area contributed by atoms with Crippen molar-refractivity contribution < 1.29 is 4.21 Å². The summed E-state index contributed by atoms with van der Waals surface area (Å²) in [5.74, 6) is 0. The molecule has 0 aromatic heterocycles. The van der Waals surface area contributed by atoms with Gasteiger partial charge in [-0.05, 0) is 25.7 Å². The van der Waals surface area contributed by atoms with Gasteiger partial charge >= 0.3 is 0 Å². The molecule has 0 amide bonds. The smallest absolute Gasteiger partial charge is 0.0515 e. The summed E-state index contributed by atoms with van der Waals surface area (Å²) in [7, 11) is -0.760. The molecule has 2 aliphatic heterocycles. The van der Waals surface area contributed by atoms with E-state index in [0.29, 0.717) is 0 Å². The Bertz CT molecular complexity index is 189. The number of fused-ring (bicyclic) bond motifs is 2. The lowest BCUT2D eigenvalue weighted by Gasteiger charge is -2.39. The summed E-state index contributed by atoms with van der Waals surface area (Å²) in [4.78, 5) is 0. The van der Waals surface area contributed by atoms with Crippen molar-refractivity contribution >= 4 is 34.0 Å². The van der Waals surface area contributed by atoms with E-state index in [2.05, 4.69) is 0 Å². The van der Waals surface area contributed by atoms with Gasteiger partial charge < -0.3 is 0 Å². The molecule has 2 fully saturated rings. The third-order valence-corrected chi connectivity index (χ3v) is 6.52. The Kier molecular flexibility index (Phi) is 2.69. The molecule has 70 valence electrons. The zero-order valence-corrected chi connectivity index (χ0v) is 9.04. The van der Waals surface area contributed by atoms with Crippen molar-refractivity contribution in [3.8, 4) is 0 Å². The van der Waals surface area contributed by atoms with Gasteiger partial charge in [0.15, 0.2) is 0 Å². The predicted molar refractivity (Wildman–Crippen MR) is 53.5 cm³/mol. The zero-order chi connectivity index (χ0) is 8.72. The summed E-state index contributed by atoms with van der Waals surface area (Å²) in [6.07, 6.45) is 3.88. The summed E-state index contributed by atoms with van der Waals surface area (Å²) in [6.45, 7) is 0. The Hall–Kier alpha value is 0.730. The van der Waals surface area contributed by atoms with E-state index in [1.807, 2.05) is 0 Å². The zero-order valence-electron chi connectivity index (χ0n) is 6.71. The van der Waals surface area contributed by atoms with Crippen molar-refractivity contribution in [1.82, 2.24) is 0 Å². The first-order chi connectivity index (χ1) is 5.70. The summed E-state index contributed by atoms with van der Waals surface area (Å²) in [5.41, 5.74) is 0. The standard InChI is InChI=1S/C8H12Cl2OS/c9-5-1-3-7-6(10)2-4-8(5)12(7)11/h5-8H,1-4H2/t5-,6+,7-,8-,12?/m1/s1. The fourth-order valence-electron chi connectivity index (χ4n) is 2.13. The van der Waals surface area contributed by atoms with Crippen LogP contribution in [0.1, 0.15) is 25.7 Å². The molecule has 2 aliphatic rings. The second-order valence-electron chi connectivity index (χ2n) is 3.59. The Morgan fingerprint density at radius 1 is 0.917 bits per heavy atom. The molecule has 0 N–H and O–H groups in total. The van der Waals surface area contributed by atoms with Crippen LogP contribution in [-0.2, 0) is 10.8 Å². The number of alkyl halides is 2. The van der Waals surface area contributed by atoms with E-state index < -0.39 is 10.8 Å². The van der Waals surface area contributed by atoms with Crippen molar-refractivity contribution in [3.63, 3.8) is 0 Å². The lowest BCUT2D eigenvalue weighted by Crippen LogP contribution is -2.47. The van der Waals surface area contributed by atoms with E-state index in [0.717, 1.165) is 25.7 Å². The van der Waals surface area contributed by atoms with Crippen molar-refractivity contribution in [2.24, 2.45) is 0 Å². The molecule has 0 aliphatic carbocycles. The van der Waals surface area contributed by atoms with Crippen LogP contribution in [0.25, 0.3) is 0 Å². The minimum Gasteiger partial charge on any atom is -0.259 e. The summed E-state index contributed by atoms with van der Waals surface area (Å²) < 4.78 is 11.8. The minimum atomic E-state index is -0.760. The molecule has 0 saturated carbocycles. The van der Waals surface area contributed by atoms with Gasteiger partial charge in [-0.1, -0.05) is 0 Å². The normalized spacial score (nSPS) is 53.7. The average Bonchev–Trinajstić information content (AvgIpc) is 2.01. The van der Waals surface area contributed by atoms with E-state index in [1.54, 1.807) is 0 Å². The van der Waals surface area contributed by atoms with Gasteiger partial charge in [0.25, 0.3) is 0 Å². The first-order valence-corrected chi connectivity index (χ1v) is 6.52. The molecule has 0 aromatic carbocycles. The Balaban J connectivity index is 2.18. The number of rotatable bonds is 0. The molecule has 2 saturated heterocycles. The molecule has 1 unspecified atom stereocenters. The number of halogens is 2. The molecule has 0 spiro atoms. The highest BCUT2D eigenvalue weighted by atomic mass is 35.5. The van der Waals surface area contributed by atoms with Gasteiger partial charge in [-0.25, -0.2) is 0 Å². The first-order valence-electron chi connectivity index (χ1n) is 4.37. The number of hydrogen-bond donors (Lipinski definition) is 0. The van der Waals surface area contributed by atoms with E-state index >= 15 is 0 Å². The van der Waals surface area contributed by atoms with Crippen LogP contribution in [0, 0.1) is 0 Å². The molecule has 0 radical (unpaired) electrons. The van der Waals surface area contributed by atoms with E-state index in [4.69, 9.17) is 23.2 Å². The molecule has 12 heavy (non-hydrogen) atoms. The first kappa shape index (κ1) is 9.29. The molecule has 2 heterocycles. The van der Waals surface area contributed by atoms with E-state index in [1.165, 1.54) is 0 Å². The second-order valence-corrected chi connectivity index (χ2v) is 6.58. The Labute approximate surface area is 85.3 Å². The third-order valence-electron chi connectivity index (χ3n) is 2.86. The SMILES string of the molecule is O=S1[C@@H]2CC[C@H](Cl)[C@H]1CC[C@H]2Cl. The van der Waals surface area contributed by atoms with Gasteiger partial charge in [0.1, 0.15) is 0 Å². The monoisotopic (exact) mass is 226 g/mol. The molecule has 0 aromatic rings. The summed E-state index contributed by atoms with van der Waals surface area (Å²) >= 11 is 12.2. The Morgan fingerprint density at radius 2 is 1.33 bits per heavy atom. The Morgan fingerprint density at radius 3 is 1.75 bits per heavy atom. The summed E-state index contributed by atoms with van der Waals surface area (Å²) in [6, 6.07) is 0. The van der Waals surface area contributed by atoms with E-state index in [9.17, 15) is 4.21 Å². The average molecular weight is 227 g/mol. The maximum atomic E-state index is 11.8. The topological polar surface area (TPSA) is 17.1 Å². The van der Waals surface area contributed by atoms with E-state index in [-0.39, 0.29) is 21.3 Å². The highest BCUT2D eigenvalue weighted by Gasteiger charge is 2.42. The molecule has 4 heteroatoms. The van der Waals surface area contributed by atoms with Crippen molar-refractivity contribution in [3.05, 3.63) is 0 Å². The quantitative estimate of drug-likeness (QED) is 0.580. The van der Waals surface area contributed by atoms with Gasteiger partial charge in [0.05, 0.1) is 10.5 Å². The van der Waals surface area contributed by atoms with Crippen LogP contribution in [0.15, 0.2) is 0 Å². The molecule has 1 nitrogen and oxygen atoms in total. The van der Waals surface area contributed by atoms with Crippen LogP contribution in [0.4, 0.5) is 0 Å². The fraction of sp³-hybridized carbons (Fsp3) is 1.00. The molecular weight excluding hydrogens is 215 g/mol. The minimum absolute atomic E-state index is 0.131. The lowest BCUT2D eigenvalue weighted by atomic mass is 9.98. The molecule has 2 rings (SSSR count). The third kappa shape index (κ3) is 1.42. The maximum absolute atomic E-state index is 11.8. The highest BCUT2D eigenvalue weighted by molar-refractivity contribution is 7.86. The van der Waals surface area contributed by atoms with Crippen LogP contribution in [0.5, 0.6) is 0 Å². The molecule has 5 atom stereocenters. The van der Waals surface area contributed by atoms with Gasteiger partial charge in [-0.3, -0.25) is 4.21 Å². The second kappa shape index (κ2) is 3.47. The van der Waals surface area contributed by atoms with Gasteiger partial charge in [-0.2, -0.15) is 0 Å². The van der Waals surface area contributed by atoms with Crippen LogP contribution in [0.2, 0.25) is 0 Å². The van der Waals surface area contributed by atoms with Crippen LogP contribution >= 0.6 is 23.2 Å². The molecule has 2 bridgehead atoms. The van der Waals surface area contributed by atoms with Crippen molar-refractivity contribution in [2.75, 3.05) is 0 Å². The van der Waals surface area contributed by atoms with Gasteiger partial charge in [-0.15, -0.1) is 23.2 Å². The maximum Gasteiger partial charge on any atom is 0.0515 e. The van der Waals surface area contributed by atoms with Crippen LogP contribution in [-0.4, -0.2) is 25.5 Å². The van der Waals surface area contributed by atoms with Crippen molar-refractivity contribution in [2.45, 2.75) is 46.9 Å². The van der Waals surface area contributed by atoms with Crippen LogP contribution < -0.4 is 0 Å². The largest absolute Gasteiger partial charge is 0.259 e. The summed E-state index contributed by atoms with van der Waals surface area (Å²) in [5, 5.41) is 0.707. The van der Waals surface area contributed by atoms with Gasteiger partial charge in [0.2, 0.25) is 0 Å². The fourth-order valence-corrected chi connectivity index (χ4v) is 5.28. The van der Waals surface area contributed by atoms with Gasteiger partial charge in [0, 0.05) is 21.6 Å². The highest BCUT2D eigenvalue weighted by Crippen LogP contribution is 2.38. The number of hydrogen-bond acceptors (Lipinski definition) is 1. The van der Waals surface area contributed by atoms with Crippen LogP contribution in [0.3, 0.4) is 0 Å². The molecular formula is C8H12Cl2OS. The predicted octanol–water partition coefficient (Wildman–Crippen LogP) is 2.27.